The number of rotatable bonds is 7. The van der Waals surface area contributed by atoms with Crippen molar-refractivity contribution in [3.63, 3.8) is 0 Å². The van der Waals surface area contributed by atoms with Gasteiger partial charge in [0.1, 0.15) is 0 Å². The van der Waals surface area contributed by atoms with Crippen LogP contribution in [0.2, 0.25) is 0 Å². The maximum Gasteiger partial charge on any atom is 0.234 e. The monoisotopic (exact) mass is 373 g/mol. The van der Waals surface area contributed by atoms with Crippen molar-refractivity contribution in [3.8, 4) is 0 Å². The van der Waals surface area contributed by atoms with Gasteiger partial charge in [0.05, 0.1) is 11.4 Å². The lowest BCUT2D eigenvalue weighted by atomic mass is 10.2. The molecule has 3 rings (SSSR count). The SMILES string of the molecule is CN(c1ccccc1)S(=O)(=O)CCCN1CCN(c2ccccc2)CC1. The molecule has 140 valence electrons. The third-order valence-electron chi connectivity index (χ3n) is 4.91. The zero-order chi connectivity index (χ0) is 18.4. The molecule has 0 aromatic heterocycles. The number of sulfonamides is 1. The Morgan fingerprint density at radius 2 is 1.46 bits per heavy atom. The smallest absolute Gasteiger partial charge is 0.234 e. The molecule has 0 bridgehead atoms. The van der Waals surface area contributed by atoms with E-state index >= 15 is 0 Å². The number of anilines is 2. The molecule has 0 N–H and O–H groups in total. The number of benzene rings is 2. The van der Waals surface area contributed by atoms with Crippen LogP contribution in [0, 0.1) is 0 Å². The molecule has 1 heterocycles. The molecule has 6 heteroatoms. The van der Waals surface area contributed by atoms with E-state index in [0.717, 1.165) is 32.7 Å². The number of hydrogen-bond donors (Lipinski definition) is 0. The summed E-state index contributed by atoms with van der Waals surface area (Å²) in [7, 11) is -1.64. The van der Waals surface area contributed by atoms with Crippen molar-refractivity contribution in [2.75, 3.05) is 54.7 Å². The lowest BCUT2D eigenvalue weighted by molar-refractivity contribution is 0.259. The van der Waals surface area contributed by atoms with Crippen LogP contribution in [0.3, 0.4) is 0 Å². The van der Waals surface area contributed by atoms with Gasteiger partial charge in [-0.3, -0.25) is 9.21 Å². The first kappa shape index (κ1) is 18.7. The van der Waals surface area contributed by atoms with Gasteiger partial charge in [-0.2, -0.15) is 0 Å². The van der Waals surface area contributed by atoms with Gasteiger partial charge in [0.25, 0.3) is 0 Å². The third-order valence-corrected chi connectivity index (χ3v) is 6.76. The van der Waals surface area contributed by atoms with Crippen LogP contribution in [0.15, 0.2) is 60.7 Å². The Morgan fingerprint density at radius 1 is 0.885 bits per heavy atom. The van der Waals surface area contributed by atoms with E-state index in [1.807, 2.05) is 36.4 Å². The molecule has 26 heavy (non-hydrogen) atoms. The van der Waals surface area contributed by atoms with Crippen molar-refractivity contribution in [2.24, 2.45) is 0 Å². The van der Waals surface area contributed by atoms with Crippen LogP contribution in [0.5, 0.6) is 0 Å². The van der Waals surface area contributed by atoms with E-state index in [1.165, 1.54) is 9.99 Å². The molecular weight excluding hydrogens is 346 g/mol. The largest absolute Gasteiger partial charge is 0.369 e. The van der Waals surface area contributed by atoms with Crippen LogP contribution in [0.4, 0.5) is 11.4 Å². The lowest BCUT2D eigenvalue weighted by Gasteiger charge is -2.36. The predicted molar refractivity (Wildman–Crippen MR) is 108 cm³/mol. The average molecular weight is 374 g/mol. The van der Waals surface area contributed by atoms with Crippen molar-refractivity contribution in [3.05, 3.63) is 60.7 Å². The van der Waals surface area contributed by atoms with Gasteiger partial charge in [-0.25, -0.2) is 8.42 Å². The third kappa shape index (κ3) is 4.77. The molecular formula is C20H27N3O2S. The quantitative estimate of drug-likeness (QED) is 0.748. The summed E-state index contributed by atoms with van der Waals surface area (Å²) in [5, 5.41) is 0. The molecule has 2 aromatic rings. The molecule has 1 fully saturated rings. The Kier molecular flexibility index (Phi) is 6.16. The summed E-state index contributed by atoms with van der Waals surface area (Å²) in [6.45, 7) is 4.75. The number of hydrogen-bond acceptors (Lipinski definition) is 4. The lowest BCUT2D eigenvalue weighted by Crippen LogP contribution is -2.47. The molecule has 2 aromatic carbocycles. The summed E-state index contributed by atoms with van der Waals surface area (Å²) in [4.78, 5) is 4.74. The highest BCUT2D eigenvalue weighted by atomic mass is 32.2. The van der Waals surface area contributed by atoms with Gasteiger partial charge in [-0.1, -0.05) is 36.4 Å². The van der Waals surface area contributed by atoms with E-state index in [4.69, 9.17) is 0 Å². The second kappa shape index (κ2) is 8.56. The normalized spacial score (nSPS) is 15.8. The molecule has 0 amide bonds. The van der Waals surface area contributed by atoms with Crippen LogP contribution in [0.1, 0.15) is 6.42 Å². The van der Waals surface area contributed by atoms with E-state index in [9.17, 15) is 8.42 Å². The number of para-hydroxylation sites is 2. The van der Waals surface area contributed by atoms with E-state index in [-0.39, 0.29) is 5.75 Å². The van der Waals surface area contributed by atoms with Crippen molar-refractivity contribution in [2.45, 2.75) is 6.42 Å². The minimum atomic E-state index is -3.27. The Hall–Kier alpha value is -2.05. The van der Waals surface area contributed by atoms with Gasteiger partial charge in [-0.05, 0) is 37.2 Å². The fraction of sp³-hybridized carbons (Fsp3) is 0.400. The zero-order valence-electron chi connectivity index (χ0n) is 15.3. The average Bonchev–Trinajstić information content (AvgIpc) is 2.69. The van der Waals surface area contributed by atoms with Crippen LogP contribution in [0.25, 0.3) is 0 Å². The Bertz CT molecular complexity index is 773. The minimum absolute atomic E-state index is 0.178. The summed E-state index contributed by atoms with van der Waals surface area (Å²) < 4.78 is 26.4. The molecule has 0 unspecified atom stereocenters. The van der Waals surface area contributed by atoms with Gasteiger partial charge >= 0.3 is 0 Å². The fourth-order valence-electron chi connectivity index (χ4n) is 3.27. The minimum Gasteiger partial charge on any atom is -0.369 e. The zero-order valence-corrected chi connectivity index (χ0v) is 16.1. The van der Waals surface area contributed by atoms with E-state index in [2.05, 4.69) is 34.1 Å². The molecule has 5 nitrogen and oxygen atoms in total. The van der Waals surface area contributed by atoms with Gasteiger partial charge < -0.3 is 4.90 Å². The van der Waals surface area contributed by atoms with Crippen molar-refractivity contribution in [1.82, 2.24) is 4.90 Å². The highest BCUT2D eigenvalue weighted by Crippen LogP contribution is 2.17. The summed E-state index contributed by atoms with van der Waals surface area (Å²) in [5.74, 6) is 0.178. The molecule has 0 aliphatic carbocycles. The summed E-state index contributed by atoms with van der Waals surface area (Å²) >= 11 is 0. The first-order chi connectivity index (χ1) is 12.6. The van der Waals surface area contributed by atoms with Gasteiger partial charge in [0.15, 0.2) is 0 Å². The molecule has 0 atom stereocenters. The van der Waals surface area contributed by atoms with E-state index in [0.29, 0.717) is 12.1 Å². The Balaban J connectivity index is 1.44. The van der Waals surface area contributed by atoms with Crippen molar-refractivity contribution in [1.29, 1.82) is 0 Å². The van der Waals surface area contributed by atoms with Gasteiger partial charge in [0.2, 0.25) is 10.0 Å². The van der Waals surface area contributed by atoms with Gasteiger partial charge in [0, 0.05) is 38.9 Å². The summed E-state index contributed by atoms with van der Waals surface area (Å²) in [6.07, 6.45) is 0.658. The fourth-order valence-corrected chi connectivity index (χ4v) is 4.49. The first-order valence-corrected chi connectivity index (χ1v) is 10.7. The highest BCUT2D eigenvalue weighted by Gasteiger charge is 2.20. The van der Waals surface area contributed by atoms with E-state index < -0.39 is 10.0 Å². The second-order valence-electron chi connectivity index (χ2n) is 6.64. The van der Waals surface area contributed by atoms with Crippen LogP contribution in [-0.2, 0) is 10.0 Å². The van der Waals surface area contributed by atoms with E-state index in [1.54, 1.807) is 7.05 Å². The topological polar surface area (TPSA) is 43.9 Å². The van der Waals surface area contributed by atoms with Crippen molar-refractivity contribution < 1.29 is 8.42 Å². The van der Waals surface area contributed by atoms with Crippen molar-refractivity contribution >= 4 is 21.4 Å². The molecule has 1 saturated heterocycles. The summed E-state index contributed by atoms with van der Waals surface area (Å²) in [5.41, 5.74) is 1.98. The number of piperazine rings is 1. The Labute approximate surface area is 156 Å². The maximum atomic E-state index is 12.5. The maximum absolute atomic E-state index is 12.5. The Morgan fingerprint density at radius 3 is 2.08 bits per heavy atom. The van der Waals surface area contributed by atoms with Crippen LogP contribution < -0.4 is 9.21 Å². The molecule has 1 aliphatic heterocycles. The van der Waals surface area contributed by atoms with Crippen LogP contribution in [-0.4, -0.2) is 58.8 Å². The van der Waals surface area contributed by atoms with Crippen LogP contribution >= 0.6 is 0 Å². The number of nitrogens with zero attached hydrogens (tertiary/aromatic N) is 3. The predicted octanol–water partition coefficient (Wildman–Crippen LogP) is 2.66. The first-order valence-electron chi connectivity index (χ1n) is 9.10. The van der Waals surface area contributed by atoms with Gasteiger partial charge in [-0.15, -0.1) is 0 Å². The second-order valence-corrected chi connectivity index (χ2v) is 8.76. The molecule has 0 saturated carbocycles. The molecule has 0 radical (unpaired) electrons. The molecule has 1 aliphatic rings. The standard InChI is InChI=1S/C20H27N3O2S/c1-21(19-9-4-2-5-10-19)26(24,25)18-8-13-22-14-16-23(17-15-22)20-11-6-3-7-12-20/h2-7,9-12H,8,13-18H2,1H3. The summed E-state index contributed by atoms with van der Waals surface area (Å²) in [6, 6.07) is 19.7. The highest BCUT2D eigenvalue weighted by molar-refractivity contribution is 7.92. The molecule has 0 spiro atoms.